The standard InChI is InChI=1S/C16H12Cl2N2O2S/c1-10-6-16(19-22-10)20-23(21)15-4-2-11(3-5-15)12-7-13(17)9-14(18)8-12/h2-9H,1H3,(H,19,20). The van der Waals surface area contributed by atoms with Crippen LogP contribution in [0.15, 0.2) is 57.9 Å². The van der Waals surface area contributed by atoms with E-state index >= 15 is 0 Å². The van der Waals surface area contributed by atoms with Crippen LogP contribution in [0.3, 0.4) is 0 Å². The quantitative estimate of drug-likeness (QED) is 0.699. The van der Waals surface area contributed by atoms with E-state index in [2.05, 4.69) is 9.88 Å². The lowest BCUT2D eigenvalue weighted by atomic mass is 10.1. The molecule has 4 nitrogen and oxygen atoms in total. The molecule has 2 aromatic carbocycles. The fourth-order valence-electron chi connectivity index (χ4n) is 2.06. The average Bonchev–Trinajstić information content (AvgIpc) is 2.91. The minimum atomic E-state index is -1.42. The van der Waals surface area contributed by atoms with Gasteiger partial charge in [-0.15, -0.1) is 0 Å². The molecule has 0 aliphatic heterocycles. The van der Waals surface area contributed by atoms with E-state index in [-0.39, 0.29) is 0 Å². The lowest BCUT2D eigenvalue weighted by Crippen LogP contribution is -2.04. The van der Waals surface area contributed by atoms with E-state index in [1.165, 1.54) is 0 Å². The molecule has 118 valence electrons. The summed E-state index contributed by atoms with van der Waals surface area (Å²) in [5, 5.41) is 4.90. The van der Waals surface area contributed by atoms with Crippen molar-refractivity contribution in [2.45, 2.75) is 11.8 Å². The third-order valence-electron chi connectivity index (χ3n) is 3.09. The molecule has 0 aliphatic carbocycles. The average molecular weight is 367 g/mol. The first-order valence-corrected chi connectivity index (χ1v) is 8.60. The Morgan fingerprint density at radius 2 is 1.65 bits per heavy atom. The van der Waals surface area contributed by atoms with Crippen LogP contribution in [0.5, 0.6) is 0 Å². The predicted octanol–water partition coefficient (Wildman–Crippen LogP) is 5.09. The number of hydrogen-bond donors (Lipinski definition) is 1. The van der Waals surface area contributed by atoms with E-state index in [1.54, 1.807) is 31.2 Å². The largest absolute Gasteiger partial charge is 0.360 e. The number of anilines is 1. The number of aryl methyl sites for hydroxylation is 1. The van der Waals surface area contributed by atoms with Crippen LogP contribution in [0.4, 0.5) is 5.82 Å². The van der Waals surface area contributed by atoms with Crippen molar-refractivity contribution in [3.63, 3.8) is 0 Å². The zero-order valence-corrected chi connectivity index (χ0v) is 14.4. The maximum Gasteiger partial charge on any atom is 0.181 e. The molecule has 0 spiro atoms. The zero-order chi connectivity index (χ0) is 16.4. The van der Waals surface area contributed by atoms with Gasteiger partial charge in [-0.2, -0.15) is 0 Å². The SMILES string of the molecule is Cc1cc(NS(=O)c2ccc(-c3cc(Cl)cc(Cl)c3)cc2)no1. The van der Waals surface area contributed by atoms with Crippen molar-refractivity contribution in [3.05, 3.63) is 64.3 Å². The van der Waals surface area contributed by atoms with Gasteiger partial charge in [0.15, 0.2) is 16.8 Å². The second kappa shape index (κ2) is 6.74. The van der Waals surface area contributed by atoms with Gasteiger partial charge in [0.25, 0.3) is 0 Å². The first kappa shape index (κ1) is 16.1. The van der Waals surface area contributed by atoms with Gasteiger partial charge in [0, 0.05) is 16.1 Å². The highest BCUT2D eigenvalue weighted by molar-refractivity contribution is 7.86. The number of hydrogen-bond acceptors (Lipinski definition) is 3. The zero-order valence-electron chi connectivity index (χ0n) is 12.0. The molecule has 3 aromatic rings. The van der Waals surface area contributed by atoms with E-state index in [0.29, 0.717) is 26.5 Å². The van der Waals surface area contributed by atoms with E-state index in [1.807, 2.05) is 24.3 Å². The summed E-state index contributed by atoms with van der Waals surface area (Å²) in [5.74, 6) is 1.09. The Kier molecular flexibility index (Phi) is 4.71. The highest BCUT2D eigenvalue weighted by Crippen LogP contribution is 2.27. The summed E-state index contributed by atoms with van der Waals surface area (Å²) in [5.41, 5.74) is 1.84. The smallest absolute Gasteiger partial charge is 0.181 e. The Bertz CT molecular complexity index is 843. The second-order valence-electron chi connectivity index (χ2n) is 4.88. The molecule has 1 unspecified atom stereocenters. The Morgan fingerprint density at radius 1 is 1.00 bits per heavy atom. The Hall–Kier alpha value is -1.82. The normalized spacial score (nSPS) is 12.1. The first-order chi connectivity index (χ1) is 11.0. The van der Waals surface area contributed by atoms with E-state index < -0.39 is 11.0 Å². The molecular weight excluding hydrogens is 355 g/mol. The van der Waals surface area contributed by atoms with Gasteiger partial charge in [0.1, 0.15) is 5.76 Å². The maximum atomic E-state index is 12.3. The highest BCUT2D eigenvalue weighted by Gasteiger charge is 2.08. The van der Waals surface area contributed by atoms with Gasteiger partial charge < -0.3 is 4.52 Å². The van der Waals surface area contributed by atoms with Crippen LogP contribution >= 0.6 is 23.2 Å². The van der Waals surface area contributed by atoms with Crippen LogP contribution in [-0.4, -0.2) is 9.37 Å². The number of benzene rings is 2. The van der Waals surface area contributed by atoms with E-state index in [4.69, 9.17) is 27.7 Å². The molecular formula is C16H12Cl2N2O2S. The monoisotopic (exact) mass is 366 g/mol. The minimum absolute atomic E-state index is 0.437. The summed E-state index contributed by atoms with van der Waals surface area (Å²) in [6.45, 7) is 1.77. The van der Waals surface area contributed by atoms with Crippen LogP contribution in [0.1, 0.15) is 5.76 Å². The summed E-state index contributed by atoms with van der Waals surface area (Å²) in [6.07, 6.45) is 0. The highest BCUT2D eigenvalue weighted by atomic mass is 35.5. The van der Waals surface area contributed by atoms with E-state index in [9.17, 15) is 4.21 Å². The lowest BCUT2D eigenvalue weighted by molar-refractivity contribution is 0.400. The molecule has 7 heteroatoms. The maximum absolute atomic E-state index is 12.3. The van der Waals surface area contributed by atoms with Gasteiger partial charge in [-0.3, -0.25) is 4.72 Å². The summed E-state index contributed by atoms with van der Waals surface area (Å²) >= 11 is 12.0. The van der Waals surface area contributed by atoms with Crippen molar-refractivity contribution in [1.29, 1.82) is 0 Å². The van der Waals surface area contributed by atoms with Crippen molar-refractivity contribution in [2.24, 2.45) is 0 Å². The molecule has 0 saturated heterocycles. The minimum Gasteiger partial charge on any atom is -0.360 e. The summed E-state index contributed by atoms with van der Waals surface area (Å²) in [4.78, 5) is 0.627. The van der Waals surface area contributed by atoms with Crippen LogP contribution in [0, 0.1) is 6.92 Å². The topological polar surface area (TPSA) is 55.1 Å². The van der Waals surface area contributed by atoms with Crippen molar-refractivity contribution >= 4 is 40.0 Å². The number of aromatic nitrogens is 1. The van der Waals surface area contributed by atoms with Crippen LogP contribution in [0.25, 0.3) is 11.1 Å². The fraction of sp³-hybridized carbons (Fsp3) is 0.0625. The summed E-state index contributed by atoms with van der Waals surface area (Å²) in [6, 6.07) is 14.3. The molecule has 1 heterocycles. The third kappa shape index (κ3) is 3.93. The predicted molar refractivity (Wildman–Crippen MR) is 93.2 cm³/mol. The van der Waals surface area contributed by atoms with Crippen LogP contribution in [0.2, 0.25) is 10.0 Å². The van der Waals surface area contributed by atoms with Crippen molar-refractivity contribution in [3.8, 4) is 11.1 Å². The molecule has 1 N–H and O–H groups in total. The van der Waals surface area contributed by atoms with Gasteiger partial charge in [0.2, 0.25) is 0 Å². The van der Waals surface area contributed by atoms with Gasteiger partial charge in [-0.05, 0) is 48.4 Å². The molecule has 0 radical (unpaired) electrons. The van der Waals surface area contributed by atoms with Crippen molar-refractivity contribution in [1.82, 2.24) is 5.16 Å². The van der Waals surface area contributed by atoms with Gasteiger partial charge in [0.05, 0.1) is 4.90 Å². The Morgan fingerprint density at radius 3 is 2.22 bits per heavy atom. The summed E-state index contributed by atoms with van der Waals surface area (Å²) in [7, 11) is -1.42. The van der Waals surface area contributed by atoms with Gasteiger partial charge in [-0.1, -0.05) is 40.5 Å². The number of nitrogens with one attached hydrogen (secondary N) is 1. The fourth-order valence-corrected chi connectivity index (χ4v) is 3.37. The van der Waals surface area contributed by atoms with Crippen molar-refractivity contribution < 1.29 is 8.73 Å². The molecule has 23 heavy (non-hydrogen) atoms. The van der Waals surface area contributed by atoms with Crippen molar-refractivity contribution in [2.75, 3.05) is 4.72 Å². The third-order valence-corrected chi connectivity index (χ3v) is 4.62. The van der Waals surface area contributed by atoms with E-state index in [0.717, 1.165) is 11.1 Å². The van der Waals surface area contributed by atoms with Crippen LogP contribution in [-0.2, 0) is 11.0 Å². The number of nitrogens with zero attached hydrogens (tertiary/aromatic N) is 1. The molecule has 0 aliphatic rings. The number of rotatable bonds is 4. The summed E-state index contributed by atoms with van der Waals surface area (Å²) < 4.78 is 20.0. The molecule has 0 amide bonds. The molecule has 0 saturated carbocycles. The molecule has 1 aromatic heterocycles. The Labute approximate surface area is 146 Å². The molecule has 3 rings (SSSR count). The molecule has 0 fully saturated rings. The van der Waals surface area contributed by atoms with Gasteiger partial charge in [-0.25, -0.2) is 4.21 Å². The van der Waals surface area contributed by atoms with Gasteiger partial charge >= 0.3 is 0 Å². The van der Waals surface area contributed by atoms with Crippen LogP contribution < -0.4 is 4.72 Å². The molecule has 0 bridgehead atoms. The number of halogens is 2. The second-order valence-corrected chi connectivity index (χ2v) is 6.96. The Balaban J connectivity index is 1.80. The lowest BCUT2D eigenvalue weighted by Gasteiger charge is -2.06. The molecule has 1 atom stereocenters. The first-order valence-electron chi connectivity index (χ1n) is 6.69.